The minimum atomic E-state index is -0.448. The van der Waals surface area contributed by atoms with Crippen molar-refractivity contribution >= 4 is 22.8 Å². The molecule has 0 unspecified atom stereocenters. The first-order valence-electron chi connectivity index (χ1n) is 7.36. The molecule has 3 heteroatoms. The van der Waals surface area contributed by atoms with Crippen molar-refractivity contribution in [3.05, 3.63) is 87.3 Å². The second kappa shape index (κ2) is 6.05. The number of rotatable bonds is 3. The van der Waals surface area contributed by atoms with Gasteiger partial charge in [-0.1, -0.05) is 42.0 Å². The summed E-state index contributed by atoms with van der Waals surface area (Å²) in [5.74, 6) is -0.145. The monoisotopic (exact) mass is 304 g/mol. The summed E-state index contributed by atoms with van der Waals surface area (Å²) in [4.78, 5) is 24.1. The fourth-order valence-corrected chi connectivity index (χ4v) is 2.33. The first-order valence-corrected chi connectivity index (χ1v) is 7.36. The number of allylic oxidation sites excluding steroid dienone is 1. The molecule has 114 valence electrons. The van der Waals surface area contributed by atoms with Gasteiger partial charge in [0.2, 0.25) is 0 Å². The number of aryl methyl sites for hydroxylation is 2. The van der Waals surface area contributed by atoms with Crippen LogP contribution in [0.4, 0.5) is 0 Å². The Hall–Kier alpha value is -2.94. The average Bonchev–Trinajstić information content (AvgIpc) is 2.53. The van der Waals surface area contributed by atoms with E-state index in [2.05, 4.69) is 0 Å². The van der Waals surface area contributed by atoms with Gasteiger partial charge in [-0.25, -0.2) is 4.79 Å². The third-order valence-corrected chi connectivity index (χ3v) is 3.67. The summed E-state index contributed by atoms with van der Waals surface area (Å²) in [5.41, 5.74) is 3.18. The highest BCUT2D eigenvalue weighted by molar-refractivity contribution is 6.06. The molecular formula is C20H16O3. The molecule has 0 aliphatic carbocycles. The summed E-state index contributed by atoms with van der Waals surface area (Å²) in [7, 11) is 0. The maximum absolute atomic E-state index is 12.1. The van der Waals surface area contributed by atoms with Crippen LogP contribution < -0.4 is 5.63 Å². The van der Waals surface area contributed by atoms with Crippen molar-refractivity contribution in [2.45, 2.75) is 13.8 Å². The Morgan fingerprint density at radius 3 is 2.39 bits per heavy atom. The fraction of sp³-hybridized carbons (Fsp3) is 0.100. The summed E-state index contributed by atoms with van der Waals surface area (Å²) >= 11 is 0. The lowest BCUT2D eigenvalue weighted by molar-refractivity contribution is 0.104. The summed E-state index contributed by atoms with van der Waals surface area (Å²) in [6, 6.07) is 14.7. The molecule has 3 nitrogen and oxygen atoms in total. The third-order valence-electron chi connectivity index (χ3n) is 3.67. The zero-order valence-electron chi connectivity index (χ0n) is 13.0. The van der Waals surface area contributed by atoms with Gasteiger partial charge >= 0.3 is 5.63 Å². The molecule has 1 aromatic heterocycles. The second-order valence-corrected chi connectivity index (χ2v) is 5.59. The van der Waals surface area contributed by atoms with Crippen LogP contribution in [-0.2, 0) is 0 Å². The van der Waals surface area contributed by atoms with E-state index in [1.54, 1.807) is 18.2 Å². The zero-order chi connectivity index (χ0) is 16.4. The molecule has 0 amide bonds. The SMILES string of the molecule is Cc1ccc(C(=O)/C=C/c2cc3ccc(C)cc3oc2=O)cc1. The van der Waals surface area contributed by atoms with E-state index in [-0.39, 0.29) is 5.78 Å². The van der Waals surface area contributed by atoms with E-state index in [4.69, 9.17) is 4.42 Å². The Bertz CT molecular complexity index is 960. The standard InChI is InChI=1S/C20H16O3/c1-13-3-6-15(7-4-13)18(21)10-9-17-12-16-8-5-14(2)11-19(16)23-20(17)22/h3-12H,1-2H3/b10-9+. The average molecular weight is 304 g/mol. The van der Waals surface area contributed by atoms with Crippen LogP contribution in [0.15, 0.2) is 63.8 Å². The number of fused-ring (bicyclic) bond motifs is 1. The normalized spacial score (nSPS) is 11.2. The first-order chi connectivity index (χ1) is 11.0. The molecule has 3 aromatic rings. The van der Waals surface area contributed by atoms with Crippen molar-refractivity contribution in [1.82, 2.24) is 0 Å². The highest BCUT2D eigenvalue weighted by Crippen LogP contribution is 2.16. The van der Waals surface area contributed by atoms with Crippen LogP contribution in [-0.4, -0.2) is 5.78 Å². The molecule has 0 bridgehead atoms. The predicted octanol–water partition coefficient (Wildman–Crippen LogP) is 4.31. The topological polar surface area (TPSA) is 47.3 Å². The molecule has 3 rings (SSSR count). The Balaban J connectivity index is 1.92. The van der Waals surface area contributed by atoms with E-state index < -0.39 is 5.63 Å². The summed E-state index contributed by atoms with van der Waals surface area (Å²) in [5, 5.41) is 0.831. The van der Waals surface area contributed by atoms with E-state index in [9.17, 15) is 9.59 Å². The lowest BCUT2D eigenvalue weighted by Crippen LogP contribution is -2.03. The molecule has 1 heterocycles. The Morgan fingerprint density at radius 2 is 1.65 bits per heavy atom. The number of hydrogen-bond donors (Lipinski definition) is 0. The number of carbonyl (C=O) groups is 1. The predicted molar refractivity (Wildman–Crippen MR) is 91.8 cm³/mol. The zero-order valence-corrected chi connectivity index (χ0v) is 13.0. The maximum Gasteiger partial charge on any atom is 0.343 e. The molecule has 0 spiro atoms. The molecule has 0 radical (unpaired) electrons. The summed E-state index contributed by atoms with van der Waals surface area (Å²) in [6.45, 7) is 3.90. The molecular weight excluding hydrogens is 288 g/mol. The van der Waals surface area contributed by atoms with Gasteiger partial charge < -0.3 is 4.42 Å². The van der Waals surface area contributed by atoms with Crippen molar-refractivity contribution in [2.75, 3.05) is 0 Å². The number of carbonyl (C=O) groups excluding carboxylic acids is 1. The van der Waals surface area contributed by atoms with Crippen LogP contribution in [0, 0.1) is 13.8 Å². The minimum Gasteiger partial charge on any atom is -0.422 e. The van der Waals surface area contributed by atoms with Crippen LogP contribution in [0.5, 0.6) is 0 Å². The van der Waals surface area contributed by atoms with Crippen molar-refractivity contribution in [3.8, 4) is 0 Å². The molecule has 23 heavy (non-hydrogen) atoms. The molecule has 0 aliphatic rings. The largest absolute Gasteiger partial charge is 0.422 e. The van der Waals surface area contributed by atoms with Gasteiger partial charge in [0.15, 0.2) is 5.78 Å². The Labute approximate surface area is 133 Å². The van der Waals surface area contributed by atoms with E-state index in [0.717, 1.165) is 16.5 Å². The Kier molecular flexibility index (Phi) is 3.94. The van der Waals surface area contributed by atoms with Crippen LogP contribution in [0.1, 0.15) is 27.0 Å². The minimum absolute atomic E-state index is 0.145. The molecule has 0 saturated heterocycles. The van der Waals surface area contributed by atoms with Gasteiger partial charge in [-0.3, -0.25) is 4.79 Å². The quantitative estimate of drug-likeness (QED) is 0.411. The highest BCUT2D eigenvalue weighted by atomic mass is 16.4. The molecule has 0 N–H and O–H groups in total. The molecule has 0 aliphatic heterocycles. The third kappa shape index (κ3) is 3.29. The van der Waals surface area contributed by atoms with Crippen molar-refractivity contribution < 1.29 is 9.21 Å². The van der Waals surface area contributed by atoms with Gasteiger partial charge in [-0.15, -0.1) is 0 Å². The fourth-order valence-electron chi connectivity index (χ4n) is 2.33. The first kappa shape index (κ1) is 15.0. The smallest absolute Gasteiger partial charge is 0.343 e. The number of benzene rings is 2. The van der Waals surface area contributed by atoms with E-state index in [1.807, 2.05) is 44.2 Å². The molecule has 0 saturated carbocycles. The van der Waals surface area contributed by atoms with Gasteiger partial charge in [-0.05, 0) is 43.7 Å². The van der Waals surface area contributed by atoms with Crippen molar-refractivity contribution in [1.29, 1.82) is 0 Å². The van der Waals surface area contributed by atoms with Gasteiger partial charge in [0.1, 0.15) is 5.58 Å². The van der Waals surface area contributed by atoms with Crippen molar-refractivity contribution in [3.63, 3.8) is 0 Å². The van der Waals surface area contributed by atoms with Crippen molar-refractivity contribution in [2.24, 2.45) is 0 Å². The van der Waals surface area contributed by atoms with Crippen LogP contribution in [0.25, 0.3) is 17.0 Å². The number of ketones is 1. The second-order valence-electron chi connectivity index (χ2n) is 5.59. The highest BCUT2D eigenvalue weighted by Gasteiger charge is 2.05. The van der Waals surface area contributed by atoms with Gasteiger partial charge in [0.05, 0.1) is 5.56 Å². The summed E-state index contributed by atoms with van der Waals surface area (Å²) in [6.07, 6.45) is 2.91. The van der Waals surface area contributed by atoms with Crippen LogP contribution in [0.3, 0.4) is 0 Å². The van der Waals surface area contributed by atoms with Crippen LogP contribution >= 0.6 is 0 Å². The number of hydrogen-bond acceptors (Lipinski definition) is 3. The van der Waals surface area contributed by atoms with Gasteiger partial charge in [0, 0.05) is 10.9 Å². The summed E-state index contributed by atoms with van der Waals surface area (Å²) < 4.78 is 5.31. The lowest BCUT2D eigenvalue weighted by Gasteiger charge is -2.00. The van der Waals surface area contributed by atoms with E-state index in [0.29, 0.717) is 16.7 Å². The molecule has 0 fully saturated rings. The van der Waals surface area contributed by atoms with E-state index >= 15 is 0 Å². The van der Waals surface area contributed by atoms with Gasteiger partial charge in [-0.2, -0.15) is 0 Å². The Morgan fingerprint density at radius 1 is 0.957 bits per heavy atom. The molecule has 0 atom stereocenters. The van der Waals surface area contributed by atoms with Gasteiger partial charge in [0.25, 0.3) is 0 Å². The lowest BCUT2D eigenvalue weighted by atomic mass is 10.1. The molecule has 2 aromatic carbocycles. The van der Waals surface area contributed by atoms with E-state index in [1.165, 1.54) is 12.2 Å². The maximum atomic E-state index is 12.1. The van der Waals surface area contributed by atoms with Crippen LogP contribution in [0.2, 0.25) is 0 Å².